The summed E-state index contributed by atoms with van der Waals surface area (Å²) in [5, 5.41) is 6.81. The molecule has 7 heteroatoms. The molecule has 1 atom stereocenters. The molecule has 2 N–H and O–H groups in total. The van der Waals surface area contributed by atoms with E-state index in [9.17, 15) is 9.59 Å². The van der Waals surface area contributed by atoms with Crippen molar-refractivity contribution in [2.45, 2.75) is 44.4 Å². The molecule has 0 aromatic heterocycles. The lowest BCUT2D eigenvalue weighted by Gasteiger charge is -2.42. The van der Waals surface area contributed by atoms with Crippen LogP contribution in [-0.4, -0.2) is 35.5 Å². The lowest BCUT2D eigenvalue weighted by Crippen LogP contribution is -2.53. The first kappa shape index (κ1) is 20.7. The third kappa shape index (κ3) is 3.89. The number of amides is 3. The normalized spacial score (nSPS) is 22.0. The maximum Gasteiger partial charge on any atom is 0.325 e. The molecule has 2 aliphatic rings. The number of nitrogens with one attached hydrogen (secondary N) is 2. The Hall–Kier alpha value is -2.57. The summed E-state index contributed by atoms with van der Waals surface area (Å²) in [4.78, 5) is 27.5. The summed E-state index contributed by atoms with van der Waals surface area (Å²) in [6.45, 7) is 5.65. The van der Waals surface area contributed by atoms with Gasteiger partial charge in [0.2, 0.25) is 0 Å². The Morgan fingerprint density at radius 1 is 1.17 bits per heavy atom. The fourth-order valence-corrected chi connectivity index (χ4v) is 4.49. The first-order valence-electron chi connectivity index (χ1n) is 10.2. The Morgan fingerprint density at radius 3 is 2.70 bits per heavy atom. The monoisotopic (exact) mass is 427 g/mol. The first-order valence-corrected chi connectivity index (χ1v) is 10.6. The van der Waals surface area contributed by atoms with Crippen LogP contribution in [-0.2, 0) is 16.9 Å². The van der Waals surface area contributed by atoms with Crippen LogP contribution in [0.25, 0.3) is 0 Å². The van der Waals surface area contributed by atoms with Crippen molar-refractivity contribution in [3.8, 4) is 5.75 Å². The zero-order valence-corrected chi connectivity index (χ0v) is 18.0. The number of carbonyl (C=O) groups is 2. The van der Waals surface area contributed by atoms with Gasteiger partial charge in [-0.3, -0.25) is 9.69 Å². The standard InChI is InChI=1S/C23H26ClN3O3/c1-22(2)15-23(18-13-17(24)9-10-19(18)30-22)20(28)27(21(29)26-23)12-6-11-25-14-16-7-4-3-5-8-16/h3-5,7-10,13,25H,6,11-12,14-15H2,1-2H3,(H,26,29). The Balaban J connectivity index is 1.45. The van der Waals surface area contributed by atoms with Crippen LogP contribution in [0.15, 0.2) is 48.5 Å². The van der Waals surface area contributed by atoms with Gasteiger partial charge in [0.1, 0.15) is 11.4 Å². The first-order chi connectivity index (χ1) is 14.3. The van der Waals surface area contributed by atoms with Gasteiger partial charge in [-0.1, -0.05) is 41.9 Å². The van der Waals surface area contributed by atoms with E-state index in [0.717, 1.165) is 6.54 Å². The summed E-state index contributed by atoms with van der Waals surface area (Å²) in [5.41, 5.74) is 0.0786. The number of urea groups is 1. The number of fused-ring (bicyclic) bond motifs is 2. The lowest BCUT2D eigenvalue weighted by molar-refractivity contribution is -0.134. The highest BCUT2D eigenvalue weighted by atomic mass is 35.5. The van der Waals surface area contributed by atoms with Gasteiger partial charge in [-0.25, -0.2) is 4.79 Å². The van der Waals surface area contributed by atoms with E-state index >= 15 is 0 Å². The maximum absolute atomic E-state index is 13.5. The van der Waals surface area contributed by atoms with Crippen LogP contribution < -0.4 is 15.4 Å². The van der Waals surface area contributed by atoms with Crippen LogP contribution in [0, 0.1) is 0 Å². The number of hydrogen-bond acceptors (Lipinski definition) is 4. The fourth-order valence-electron chi connectivity index (χ4n) is 4.31. The average Bonchev–Trinajstić information content (AvgIpc) is 2.93. The molecule has 0 bridgehead atoms. The van der Waals surface area contributed by atoms with Gasteiger partial charge in [0.05, 0.1) is 0 Å². The Labute approximate surface area is 181 Å². The van der Waals surface area contributed by atoms with E-state index in [1.807, 2.05) is 32.0 Å². The van der Waals surface area contributed by atoms with Crippen molar-refractivity contribution in [3.63, 3.8) is 0 Å². The van der Waals surface area contributed by atoms with Gasteiger partial charge in [-0.15, -0.1) is 0 Å². The second-order valence-corrected chi connectivity index (χ2v) is 8.92. The minimum atomic E-state index is -1.14. The van der Waals surface area contributed by atoms with E-state index in [-0.39, 0.29) is 11.9 Å². The van der Waals surface area contributed by atoms with E-state index in [0.29, 0.717) is 42.3 Å². The van der Waals surface area contributed by atoms with Crippen molar-refractivity contribution < 1.29 is 14.3 Å². The van der Waals surface area contributed by atoms with Crippen LogP contribution in [0.2, 0.25) is 5.02 Å². The second kappa shape index (κ2) is 7.93. The lowest BCUT2D eigenvalue weighted by atomic mass is 9.77. The number of ether oxygens (including phenoxy) is 1. The molecule has 6 nitrogen and oxygen atoms in total. The maximum atomic E-state index is 13.5. The molecule has 2 aliphatic heterocycles. The highest BCUT2D eigenvalue weighted by molar-refractivity contribution is 6.30. The van der Waals surface area contributed by atoms with Crippen molar-refractivity contribution in [3.05, 3.63) is 64.7 Å². The molecule has 158 valence electrons. The van der Waals surface area contributed by atoms with E-state index < -0.39 is 11.1 Å². The van der Waals surface area contributed by atoms with Crippen molar-refractivity contribution in [2.75, 3.05) is 13.1 Å². The van der Waals surface area contributed by atoms with Crippen molar-refractivity contribution >= 4 is 23.5 Å². The van der Waals surface area contributed by atoms with E-state index in [2.05, 4.69) is 22.8 Å². The summed E-state index contributed by atoms with van der Waals surface area (Å²) in [6, 6.07) is 14.9. The van der Waals surface area contributed by atoms with Crippen LogP contribution in [0.1, 0.15) is 37.8 Å². The quantitative estimate of drug-likeness (QED) is 0.543. The molecular weight excluding hydrogens is 402 g/mol. The van der Waals surface area contributed by atoms with E-state index in [4.69, 9.17) is 16.3 Å². The summed E-state index contributed by atoms with van der Waals surface area (Å²) in [6.07, 6.45) is 1.02. The van der Waals surface area contributed by atoms with Gasteiger partial charge >= 0.3 is 6.03 Å². The summed E-state index contributed by atoms with van der Waals surface area (Å²) in [7, 11) is 0. The Morgan fingerprint density at radius 2 is 1.93 bits per heavy atom. The van der Waals surface area contributed by atoms with Gasteiger partial charge in [0.25, 0.3) is 5.91 Å². The average molecular weight is 428 g/mol. The molecule has 1 spiro atoms. The molecule has 1 unspecified atom stereocenters. The number of rotatable bonds is 6. The molecule has 0 saturated carbocycles. The highest BCUT2D eigenvalue weighted by Gasteiger charge is 2.58. The second-order valence-electron chi connectivity index (χ2n) is 8.49. The number of hydrogen-bond donors (Lipinski definition) is 2. The number of imide groups is 1. The smallest absolute Gasteiger partial charge is 0.325 e. The largest absolute Gasteiger partial charge is 0.487 e. The fraction of sp³-hybridized carbons (Fsp3) is 0.391. The van der Waals surface area contributed by atoms with E-state index in [1.54, 1.807) is 18.2 Å². The van der Waals surface area contributed by atoms with Crippen LogP contribution in [0.5, 0.6) is 5.75 Å². The molecule has 2 aromatic rings. The molecule has 4 rings (SSSR count). The third-order valence-electron chi connectivity index (χ3n) is 5.56. The number of carbonyl (C=O) groups excluding carboxylic acids is 2. The minimum absolute atomic E-state index is 0.240. The summed E-state index contributed by atoms with van der Waals surface area (Å²) >= 11 is 6.20. The topological polar surface area (TPSA) is 70.7 Å². The molecule has 30 heavy (non-hydrogen) atoms. The van der Waals surface area contributed by atoms with Gasteiger partial charge < -0.3 is 15.4 Å². The predicted octanol–water partition coefficient (Wildman–Crippen LogP) is 3.83. The summed E-state index contributed by atoms with van der Waals surface area (Å²) < 4.78 is 6.04. The molecule has 2 aromatic carbocycles. The Bertz CT molecular complexity index is 963. The number of benzene rings is 2. The van der Waals surface area contributed by atoms with E-state index in [1.165, 1.54) is 10.5 Å². The number of halogens is 1. The number of nitrogens with zero attached hydrogens (tertiary/aromatic N) is 1. The minimum Gasteiger partial charge on any atom is -0.487 e. The van der Waals surface area contributed by atoms with Crippen LogP contribution in [0.4, 0.5) is 4.79 Å². The van der Waals surface area contributed by atoms with Crippen LogP contribution in [0.3, 0.4) is 0 Å². The summed E-state index contributed by atoms with van der Waals surface area (Å²) in [5.74, 6) is 0.339. The molecule has 1 fully saturated rings. The molecule has 2 heterocycles. The highest BCUT2D eigenvalue weighted by Crippen LogP contribution is 2.47. The van der Waals surface area contributed by atoms with Gasteiger partial charge in [-0.05, 0) is 50.6 Å². The van der Waals surface area contributed by atoms with Gasteiger partial charge in [0, 0.05) is 30.1 Å². The molecule has 0 aliphatic carbocycles. The molecule has 1 saturated heterocycles. The zero-order valence-electron chi connectivity index (χ0n) is 17.2. The van der Waals surface area contributed by atoms with Crippen molar-refractivity contribution in [1.29, 1.82) is 0 Å². The van der Waals surface area contributed by atoms with Gasteiger partial charge in [0.15, 0.2) is 5.54 Å². The zero-order chi connectivity index (χ0) is 21.4. The van der Waals surface area contributed by atoms with Crippen molar-refractivity contribution in [1.82, 2.24) is 15.5 Å². The SMILES string of the molecule is CC1(C)CC2(NC(=O)N(CCCNCc3ccccc3)C2=O)c2cc(Cl)ccc2O1. The Kier molecular flexibility index (Phi) is 5.47. The van der Waals surface area contributed by atoms with Crippen LogP contribution >= 0.6 is 11.6 Å². The molecular formula is C23H26ClN3O3. The molecule has 0 radical (unpaired) electrons. The van der Waals surface area contributed by atoms with Gasteiger partial charge in [-0.2, -0.15) is 0 Å². The van der Waals surface area contributed by atoms with Crippen molar-refractivity contribution in [2.24, 2.45) is 0 Å². The third-order valence-corrected chi connectivity index (χ3v) is 5.80. The molecule has 3 amide bonds. The predicted molar refractivity (Wildman–Crippen MR) is 115 cm³/mol.